The number of benzene rings is 1. The van der Waals surface area contributed by atoms with Crippen LogP contribution in [0.5, 0.6) is 0 Å². The summed E-state index contributed by atoms with van der Waals surface area (Å²) in [6, 6.07) is 2.46. The van der Waals surface area contributed by atoms with Crippen LogP contribution < -0.4 is 0 Å². The van der Waals surface area contributed by atoms with Crippen molar-refractivity contribution < 1.29 is 22.0 Å². The van der Waals surface area contributed by atoms with Crippen LogP contribution in [0.4, 0.5) is 8.78 Å². The summed E-state index contributed by atoms with van der Waals surface area (Å²) in [6.45, 7) is 0.890. The van der Waals surface area contributed by atoms with Gasteiger partial charge in [-0.2, -0.15) is 4.31 Å². The third-order valence-corrected chi connectivity index (χ3v) is 8.05. The number of carbonyl (C=O) groups is 1. The quantitative estimate of drug-likeness (QED) is 0.803. The van der Waals surface area contributed by atoms with Gasteiger partial charge in [0.15, 0.2) is 0 Å². The van der Waals surface area contributed by atoms with Gasteiger partial charge < -0.3 is 4.90 Å². The normalized spacial score (nSPS) is 29.3. The zero-order valence-corrected chi connectivity index (χ0v) is 15.2. The number of sulfonamides is 1. The summed E-state index contributed by atoms with van der Waals surface area (Å²) in [6.07, 6.45) is 4.46. The van der Waals surface area contributed by atoms with Crippen molar-refractivity contribution >= 4 is 15.9 Å². The molecule has 8 heteroatoms. The standard InChI is InChI=1S/C18H22F2N2O3S/c19-14-3-4-17(16(20)11-14)26(24,25)22-7-5-21(6-8-22)18(23)15-10-12-1-2-13(15)9-12/h3-4,11-13,15H,1-2,5-10H2. The van der Waals surface area contributed by atoms with Crippen molar-refractivity contribution in [1.82, 2.24) is 9.21 Å². The van der Waals surface area contributed by atoms with Gasteiger partial charge in [0.1, 0.15) is 16.5 Å². The van der Waals surface area contributed by atoms with Gasteiger partial charge in [-0.25, -0.2) is 17.2 Å². The Morgan fingerprint density at radius 3 is 2.35 bits per heavy atom. The van der Waals surface area contributed by atoms with E-state index in [4.69, 9.17) is 0 Å². The molecule has 1 heterocycles. The number of piperazine rings is 1. The fourth-order valence-corrected chi connectivity index (χ4v) is 6.22. The smallest absolute Gasteiger partial charge is 0.246 e. The minimum Gasteiger partial charge on any atom is -0.340 e. The van der Waals surface area contributed by atoms with E-state index in [1.165, 1.54) is 10.7 Å². The Hall–Kier alpha value is -1.54. The van der Waals surface area contributed by atoms with Crippen LogP contribution in [0.1, 0.15) is 25.7 Å². The van der Waals surface area contributed by atoms with Crippen molar-refractivity contribution in [2.45, 2.75) is 30.6 Å². The molecule has 3 atom stereocenters. The Labute approximate surface area is 152 Å². The molecule has 1 aliphatic heterocycles. The predicted molar refractivity (Wildman–Crippen MR) is 90.6 cm³/mol. The zero-order chi connectivity index (χ0) is 18.5. The van der Waals surface area contributed by atoms with Crippen molar-refractivity contribution in [2.75, 3.05) is 26.2 Å². The number of carbonyl (C=O) groups excluding carboxylic acids is 1. The first-order chi connectivity index (χ1) is 12.4. The molecule has 3 aliphatic rings. The molecule has 4 rings (SSSR count). The molecular formula is C18H22F2N2O3S. The molecule has 5 nitrogen and oxygen atoms in total. The van der Waals surface area contributed by atoms with Gasteiger partial charge in [0.05, 0.1) is 0 Å². The SMILES string of the molecule is O=C(C1CC2CCC1C2)N1CCN(S(=O)(=O)c2ccc(F)cc2F)CC1. The average Bonchev–Trinajstić information content (AvgIpc) is 3.24. The van der Waals surface area contributed by atoms with Crippen molar-refractivity contribution in [3.05, 3.63) is 29.8 Å². The van der Waals surface area contributed by atoms with Gasteiger partial charge in [0.2, 0.25) is 15.9 Å². The Morgan fingerprint density at radius 2 is 1.77 bits per heavy atom. The molecule has 3 unspecified atom stereocenters. The van der Waals surface area contributed by atoms with E-state index in [1.54, 1.807) is 4.90 Å². The number of hydrogen-bond acceptors (Lipinski definition) is 3. The summed E-state index contributed by atoms with van der Waals surface area (Å²) in [4.78, 5) is 14.0. The molecule has 2 aliphatic carbocycles. The Balaban J connectivity index is 1.42. The molecule has 0 radical (unpaired) electrons. The number of amides is 1. The van der Waals surface area contributed by atoms with Gasteiger partial charge in [-0.1, -0.05) is 6.42 Å². The molecule has 0 N–H and O–H groups in total. The number of halogens is 2. The van der Waals surface area contributed by atoms with E-state index in [1.807, 2.05) is 0 Å². The lowest BCUT2D eigenvalue weighted by Crippen LogP contribution is -2.52. The van der Waals surface area contributed by atoms with Crippen LogP contribution in [0.15, 0.2) is 23.1 Å². The van der Waals surface area contributed by atoms with Crippen LogP contribution >= 0.6 is 0 Å². The molecule has 142 valence electrons. The van der Waals surface area contributed by atoms with E-state index in [0.717, 1.165) is 31.4 Å². The lowest BCUT2D eigenvalue weighted by Gasteiger charge is -2.36. The van der Waals surface area contributed by atoms with Gasteiger partial charge in [-0.05, 0) is 43.2 Å². The van der Waals surface area contributed by atoms with Crippen molar-refractivity contribution in [1.29, 1.82) is 0 Å². The minimum atomic E-state index is -4.03. The summed E-state index contributed by atoms with van der Waals surface area (Å²) in [5.74, 6) is -0.512. The number of fused-ring (bicyclic) bond motifs is 2. The van der Waals surface area contributed by atoms with Crippen molar-refractivity contribution in [2.24, 2.45) is 17.8 Å². The molecule has 1 aromatic carbocycles. The first-order valence-corrected chi connectivity index (χ1v) is 10.5. The maximum atomic E-state index is 13.9. The second-order valence-corrected chi connectivity index (χ2v) is 9.49. The summed E-state index contributed by atoms with van der Waals surface area (Å²) in [5, 5.41) is 0. The van der Waals surface area contributed by atoms with Crippen LogP contribution in [0.2, 0.25) is 0 Å². The molecule has 2 saturated carbocycles. The largest absolute Gasteiger partial charge is 0.340 e. The van der Waals surface area contributed by atoms with Gasteiger partial charge in [-0.15, -0.1) is 0 Å². The molecule has 2 bridgehead atoms. The molecule has 1 saturated heterocycles. The van der Waals surface area contributed by atoms with Crippen LogP contribution in [0.3, 0.4) is 0 Å². The van der Waals surface area contributed by atoms with Crippen LogP contribution in [0.25, 0.3) is 0 Å². The van der Waals surface area contributed by atoms with Crippen LogP contribution in [0, 0.1) is 29.4 Å². The highest BCUT2D eigenvalue weighted by Gasteiger charge is 2.45. The number of rotatable bonds is 3. The van der Waals surface area contributed by atoms with Gasteiger partial charge in [0.25, 0.3) is 0 Å². The Bertz CT molecular complexity index is 822. The molecule has 1 aromatic rings. The van der Waals surface area contributed by atoms with Gasteiger partial charge in [0, 0.05) is 38.2 Å². The summed E-state index contributed by atoms with van der Waals surface area (Å²) in [5.41, 5.74) is 0. The number of hydrogen-bond donors (Lipinski definition) is 0. The fourth-order valence-electron chi connectivity index (χ4n) is 4.75. The summed E-state index contributed by atoms with van der Waals surface area (Å²) >= 11 is 0. The Kier molecular flexibility index (Phi) is 4.51. The lowest BCUT2D eigenvalue weighted by atomic mass is 9.87. The second kappa shape index (κ2) is 6.56. The molecule has 0 spiro atoms. The Morgan fingerprint density at radius 1 is 1.04 bits per heavy atom. The third-order valence-electron chi connectivity index (χ3n) is 6.12. The molecule has 0 aromatic heterocycles. The van der Waals surface area contributed by atoms with Crippen LogP contribution in [-0.2, 0) is 14.8 Å². The van der Waals surface area contributed by atoms with Gasteiger partial charge >= 0.3 is 0 Å². The molecule has 3 fully saturated rings. The maximum Gasteiger partial charge on any atom is 0.246 e. The molecule has 1 amide bonds. The van der Waals surface area contributed by atoms with E-state index in [-0.39, 0.29) is 24.9 Å². The van der Waals surface area contributed by atoms with E-state index in [0.29, 0.717) is 31.0 Å². The molecule has 26 heavy (non-hydrogen) atoms. The molecular weight excluding hydrogens is 362 g/mol. The van der Waals surface area contributed by atoms with E-state index < -0.39 is 26.6 Å². The summed E-state index contributed by atoms with van der Waals surface area (Å²) in [7, 11) is -4.03. The third kappa shape index (κ3) is 3.03. The lowest BCUT2D eigenvalue weighted by molar-refractivity contribution is -0.138. The topological polar surface area (TPSA) is 57.7 Å². The second-order valence-electron chi connectivity index (χ2n) is 7.59. The highest BCUT2D eigenvalue weighted by Crippen LogP contribution is 2.48. The minimum absolute atomic E-state index is 0.0893. The van der Waals surface area contributed by atoms with Crippen molar-refractivity contribution in [3.8, 4) is 0 Å². The fraction of sp³-hybridized carbons (Fsp3) is 0.611. The summed E-state index contributed by atoms with van der Waals surface area (Å²) < 4.78 is 53.3. The predicted octanol–water partition coefficient (Wildman–Crippen LogP) is 2.23. The highest BCUT2D eigenvalue weighted by atomic mass is 32.2. The van der Waals surface area contributed by atoms with E-state index in [9.17, 15) is 22.0 Å². The van der Waals surface area contributed by atoms with Gasteiger partial charge in [-0.3, -0.25) is 4.79 Å². The monoisotopic (exact) mass is 384 g/mol. The average molecular weight is 384 g/mol. The first kappa shape index (κ1) is 17.9. The van der Waals surface area contributed by atoms with Crippen molar-refractivity contribution in [3.63, 3.8) is 0 Å². The van der Waals surface area contributed by atoms with Crippen LogP contribution in [-0.4, -0.2) is 49.7 Å². The first-order valence-electron chi connectivity index (χ1n) is 9.10. The maximum absolute atomic E-state index is 13.9. The number of nitrogens with zero attached hydrogens (tertiary/aromatic N) is 2. The highest BCUT2D eigenvalue weighted by molar-refractivity contribution is 7.89. The zero-order valence-electron chi connectivity index (χ0n) is 14.4. The van der Waals surface area contributed by atoms with E-state index in [2.05, 4.69) is 0 Å². The van der Waals surface area contributed by atoms with E-state index >= 15 is 0 Å².